The first-order chi connectivity index (χ1) is 13.8. The van der Waals surface area contributed by atoms with E-state index in [0.29, 0.717) is 12.8 Å². The third-order valence-corrected chi connectivity index (χ3v) is 4.83. The molecule has 3 rings (SSSR count). The molecule has 0 spiro atoms. The van der Waals surface area contributed by atoms with Crippen LogP contribution in [-0.4, -0.2) is 41.9 Å². The number of anilines is 1. The van der Waals surface area contributed by atoms with E-state index in [1.165, 1.54) is 18.2 Å². The van der Waals surface area contributed by atoms with E-state index in [0.717, 1.165) is 22.3 Å². The van der Waals surface area contributed by atoms with Crippen LogP contribution in [0.15, 0.2) is 48.5 Å². The lowest BCUT2D eigenvalue weighted by atomic mass is 9.93. The number of methoxy groups -OCH3 is 1. The van der Waals surface area contributed by atoms with Crippen LogP contribution in [0, 0.1) is 5.82 Å². The molecule has 1 atom stereocenters. The van der Waals surface area contributed by atoms with Gasteiger partial charge in [-0.25, -0.2) is 9.18 Å². The molecule has 2 aromatic rings. The molecule has 1 aliphatic heterocycles. The van der Waals surface area contributed by atoms with Crippen LogP contribution in [0.2, 0.25) is 0 Å². The van der Waals surface area contributed by atoms with Gasteiger partial charge in [0.2, 0.25) is 5.91 Å². The number of carbonyl (C=O) groups is 3. The number of halogens is 1. The minimum Gasteiger partial charge on any atom is -0.497 e. The van der Waals surface area contributed by atoms with Crippen LogP contribution in [0.3, 0.4) is 0 Å². The van der Waals surface area contributed by atoms with Crippen LogP contribution in [0.5, 0.6) is 5.75 Å². The van der Waals surface area contributed by atoms with Crippen molar-refractivity contribution in [2.45, 2.75) is 25.3 Å². The first-order valence-electron chi connectivity index (χ1n) is 9.13. The van der Waals surface area contributed by atoms with Crippen molar-refractivity contribution < 1.29 is 23.5 Å². The van der Waals surface area contributed by atoms with Crippen LogP contribution in [-0.2, 0) is 16.0 Å². The number of ether oxygens (including phenoxy) is 1. The average Bonchev–Trinajstić information content (AvgIpc) is 2.90. The van der Waals surface area contributed by atoms with Gasteiger partial charge < -0.3 is 15.4 Å². The van der Waals surface area contributed by atoms with Gasteiger partial charge in [-0.3, -0.25) is 14.5 Å². The summed E-state index contributed by atoms with van der Waals surface area (Å²) in [5.74, 6) is -0.812. The lowest BCUT2D eigenvalue weighted by Crippen LogP contribution is -2.45. The number of hydrogen-bond donors (Lipinski definition) is 2. The van der Waals surface area contributed by atoms with Crippen molar-refractivity contribution in [3.05, 3.63) is 59.9 Å². The quantitative estimate of drug-likeness (QED) is 0.701. The highest BCUT2D eigenvalue weighted by Gasteiger charge is 2.47. The summed E-state index contributed by atoms with van der Waals surface area (Å²) in [4.78, 5) is 38.1. The zero-order chi connectivity index (χ0) is 21.0. The van der Waals surface area contributed by atoms with Crippen LogP contribution < -0.4 is 15.4 Å². The molecule has 1 saturated heterocycles. The summed E-state index contributed by atoms with van der Waals surface area (Å²) in [5.41, 5.74) is 0.150. The molecule has 0 saturated carbocycles. The molecule has 0 aliphatic carbocycles. The first kappa shape index (κ1) is 20.3. The second-order valence-electron chi connectivity index (χ2n) is 7.06. The zero-order valence-corrected chi connectivity index (χ0v) is 16.2. The number of urea groups is 1. The molecule has 1 heterocycles. The van der Waals surface area contributed by atoms with Crippen molar-refractivity contribution in [3.63, 3.8) is 0 Å². The summed E-state index contributed by atoms with van der Waals surface area (Å²) in [5, 5.41) is 5.16. The molecule has 0 unspecified atom stereocenters. The molecule has 4 amide bonds. The molecule has 1 aliphatic rings. The van der Waals surface area contributed by atoms with Gasteiger partial charge in [0.05, 0.1) is 7.11 Å². The number of nitrogens with one attached hydrogen (secondary N) is 2. The Morgan fingerprint density at radius 1 is 1.21 bits per heavy atom. The van der Waals surface area contributed by atoms with Crippen LogP contribution in [0.1, 0.15) is 18.9 Å². The maximum Gasteiger partial charge on any atom is 0.325 e. The second kappa shape index (κ2) is 8.30. The number of carbonyl (C=O) groups excluding carboxylic acids is 3. The van der Waals surface area contributed by atoms with E-state index < -0.39 is 35.7 Å². The molecule has 8 heteroatoms. The molecule has 0 radical (unpaired) electrons. The van der Waals surface area contributed by atoms with Gasteiger partial charge >= 0.3 is 6.03 Å². The summed E-state index contributed by atoms with van der Waals surface area (Å²) in [7, 11) is 1.59. The van der Waals surface area contributed by atoms with E-state index in [1.54, 1.807) is 14.0 Å². The Labute approximate surface area is 167 Å². The van der Waals surface area contributed by atoms with Crippen molar-refractivity contribution in [1.29, 1.82) is 0 Å². The summed E-state index contributed by atoms with van der Waals surface area (Å²) in [6, 6.07) is 12.2. The Balaban J connectivity index is 1.60. The highest BCUT2D eigenvalue weighted by atomic mass is 19.1. The number of hydrogen-bond acceptors (Lipinski definition) is 4. The monoisotopic (exact) mass is 399 g/mol. The molecule has 0 aromatic heterocycles. The minimum absolute atomic E-state index is 0.254. The summed E-state index contributed by atoms with van der Waals surface area (Å²) >= 11 is 0. The Kier molecular flexibility index (Phi) is 5.81. The minimum atomic E-state index is -1.10. The molecular formula is C21H22FN3O4. The Morgan fingerprint density at radius 3 is 2.59 bits per heavy atom. The van der Waals surface area contributed by atoms with Gasteiger partial charge in [-0.1, -0.05) is 18.2 Å². The van der Waals surface area contributed by atoms with E-state index in [-0.39, 0.29) is 5.69 Å². The third-order valence-electron chi connectivity index (χ3n) is 4.83. The number of imide groups is 1. The average molecular weight is 399 g/mol. The van der Waals surface area contributed by atoms with E-state index in [9.17, 15) is 18.8 Å². The number of benzene rings is 2. The molecule has 1 fully saturated rings. The number of amides is 4. The second-order valence-corrected chi connectivity index (χ2v) is 7.06. The van der Waals surface area contributed by atoms with E-state index in [2.05, 4.69) is 10.6 Å². The molecule has 29 heavy (non-hydrogen) atoms. The van der Waals surface area contributed by atoms with Crippen molar-refractivity contribution in [1.82, 2.24) is 10.2 Å². The summed E-state index contributed by atoms with van der Waals surface area (Å²) in [6.45, 7) is 1.19. The fourth-order valence-electron chi connectivity index (χ4n) is 3.16. The van der Waals surface area contributed by atoms with Gasteiger partial charge in [0.15, 0.2) is 0 Å². The molecule has 2 aromatic carbocycles. The van der Waals surface area contributed by atoms with E-state index in [4.69, 9.17) is 4.74 Å². The fraction of sp³-hybridized carbons (Fsp3) is 0.286. The smallest absolute Gasteiger partial charge is 0.325 e. The summed E-state index contributed by atoms with van der Waals surface area (Å²) < 4.78 is 18.4. The standard InChI is InChI=1S/C21H22FN3O4/c1-21(11-10-14-6-8-17(29-2)9-7-14)19(27)25(20(28)24-21)13-18(26)23-16-5-3-4-15(22)12-16/h3-9,12H,10-11,13H2,1-2H3,(H,23,26)(H,24,28)/t21-/m1/s1. The van der Waals surface area contributed by atoms with Gasteiger partial charge in [-0.15, -0.1) is 0 Å². The summed E-state index contributed by atoms with van der Waals surface area (Å²) in [6.07, 6.45) is 0.946. The van der Waals surface area contributed by atoms with Gasteiger partial charge in [0.25, 0.3) is 5.91 Å². The van der Waals surface area contributed by atoms with E-state index in [1.807, 2.05) is 24.3 Å². The predicted molar refractivity (Wildman–Crippen MR) is 105 cm³/mol. The topological polar surface area (TPSA) is 87.7 Å². The molecule has 0 bridgehead atoms. The van der Waals surface area contributed by atoms with Gasteiger partial charge in [0, 0.05) is 5.69 Å². The highest BCUT2D eigenvalue weighted by molar-refractivity contribution is 6.09. The van der Waals surface area contributed by atoms with Crippen LogP contribution >= 0.6 is 0 Å². The molecule has 2 N–H and O–H groups in total. The van der Waals surface area contributed by atoms with Crippen molar-refractivity contribution in [3.8, 4) is 5.75 Å². The van der Waals surface area contributed by atoms with Gasteiger partial charge in [-0.05, 0) is 55.7 Å². The third kappa shape index (κ3) is 4.71. The Hall–Kier alpha value is -3.42. The van der Waals surface area contributed by atoms with Crippen LogP contribution in [0.25, 0.3) is 0 Å². The number of rotatable bonds is 7. The lowest BCUT2D eigenvalue weighted by molar-refractivity contribution is -0.133. The lowest BCUT2D eigenvalue weighted by Gasteiger charge is -2.21. The molecular weight excluding hydrogens is 377 g/mol. The molecule has 152 valence electrons. The largest absolute Gasteiger partial charge is 0.497 e. The van der Waals surface area contributed by atoms with Crippen molar-refractivity contribution in [2.75, 3.05) is 19.0 Å². The van der Waals surface area contributed by atoms with Crippen LogP contribution in [0.4, 0.5) is 14.9 Å². The Morgan fingerprint density at radius 2 is 1.93 bits per heavy atom. The maximum atomic E-state index is 13.2. The van der Waals surface area contributed by atoms with Gasteiger partial charge in [-0.2, -0.15) is 0 Å². The SMILES string of the molecule is COc1ccc(CC[C@@]2(C)NC(=O)N(CC(=O)Nc3cccc(F)c3)C2=O)cc1. The number of nitrogens with zero attached hydrogens (tertiary/aromatic N) is 1. The number of aryl methyl sites for hydroxylation is 1. The first-order valence-corrected chi connectivity index (χ1v) is 9.13. The Bertz CT molecular complexity index is 932. The predicted octanol–water partition coefficient (Wildman–Crippen LogP) is 2.72. The molecule has 7 nitrogen and oxygen atoms in total. The highest BCUT2D eigenvalue weighted by Crippen LogP contribution is 2.24. The van der Waals surface area contributed by atoms with Crippen molar-refractivity contribution >= 4 is 23.5 Å². The maximum absolute atomic E-state index is 13.2. The van der Waals surface area contributed by atoms with E-state index >= 15 is 0 Å². The van der Waals surface area contributed by atoms with Crippen molar-refractivity contribution in [2.24, 2.45) is 0 Å². The normalized spacial score (nSPS) is 18.5. The zero-order valence-electron chi connectivity index (χ0n) is 16.2. The van der Waals surface area contributed by atoms with Gasteiger partial charge in [0.1, 0.15) is 23.7 Å². The fourth-order valence-corrected chi connectivity index (χ4v) is 3.16.